The molecule has 316 valence electrons. The van der Waals surface area contributed by atoms with Crippen LogP contribution in [0.3, 0.4) is 0 Å². The van der Waals surface area contributed by atoms with Gasteiger partial charge in [-0.3, -0.25) is 24.1 Å². The Kier molecular flexibility index (Phi) is 12.2. The fraction of sp³-hybridized carbons (Fsp3) is 0.333. The highest BCUT2D eigenvalue weighted by atomic mass is 16.5. The number of phenolic OH excluding ortho intramolecular Hbond substituents is 1. The zero-order valence-corrected chi connectivity index (χ0v) is 34.9. The second-order valence-electron chi connectivity index (χ2n) is 16.1. The lowest BCUT2D eigenvalue weighted by molar-refractivity contribution is -0.205. The maximum Gasteiger partial charge on any atom is 0.256 e. The standard InChI is InChI=1S/C48H53N7O6/c1-4-23-53-33-45(58)54-41(28-35-17-20-38(56)21-18-35)48(60)52(32-43(54)55(53)44(57)22-19-34-11-6-5-7-12-34)30-37-14-10-15-39-40(31-49(2)46(37)39)47(59)51-26-24-50(25-27-51)29-36-13-8-9-16-42(36)61-3/h4-18,20-21,31,41,43,56H,1,19,22-30,32-33H2,2-3H3/t41-,43-/m0/s1. The van der Waals surface area contributed by atoms with Crippen molar-refractivity contribution in [2.45, 2.75) is 44.6 Å². The SMILES string of the molecule is C=CCN1CC(=O)N2[C@@H](Cc3ccc(O)cc3)C(=O)N(Cc3cccc4c(C(=O)N5CCN(Cc6ccccc6OC)CC5)cn(C)c34)C[C@@H]2N1C(=O)CCc1ccccc1. The number of fused-ring (bicyclic) bond motifs is 2. The molecule has 4 amide bonds. The van der Waals surface area contributed by atoms with Crippen LogP contribution in [0.25, 0.3) is 10.9 Å². The van der Waals surface area contributed by atoms with Gasteiger partial charge in [-0.15, -0.1) is 6.58 Å². The van der Waals surface area contributed by atoms with E-state index >= 15 is 0 Å². The molecule has 0 bridgehead atoms. The van der Waals surface area contributed by atoms with Crippen molar-refractivity contribution in [2.75, 3.05) is 52.9 Å². The van der Waals surface area contributed by atoms with E-state index in [4.69, 9.17) is 4.74 Å². The first-order valence-corrected chi connectivity index (χ1v) is 20.9. The highest BCUT2D eigenvalue weighted by Gasteiger charge is 2.51. The molecule has 1 N–H and O–H groups in total. The minimum atomic E-state index is -0.905. The number of carbonyl (C=O) groups is 4. The third kappa shape index (κ3) is 8.61. The van der Waals surface area contributed by atoms with Crippen molar-refractivity contribution in [1.29, 1.82) is 0 Å². The first kappa shape index (κ1) is 41.3. The Morgan fingerprint density at radius 3 is 2.31 bits per heavy atom. The van der Waals surface area contributed by atoms with E-state index in [1.54, 1.807) is 57.3 Å². The highest BCUT2D eigenvalue weighted by molar-refractivity contribution is 6.07. The van der Waals surface area contributed by atoms with Crippen molar-refractivity contribution in [2.24, 2.45) is 7.05 Å². The highest BCUT2D eigenvalue weighted by Crippen LogP contribution is 2.33. The number of carbonyl (C=O) groups excluding carboxylic acids is 4. The molecule has 3 fully saturated rings. The lowest BCUT2D eigenvalue weighted by atomic mass is 9.97. The number of rotatable bonds is 13. The number of aromatic hydroxyl groups is 1. The number of piperazine rings is 2. The molecule has 3 saturated heterocycles. The maximum absolute atomic E-state index is 14.8. The number of hydrogen-bond acceptors (Lipinski definition) is 8. The van der Waals surface area contributed by atoms with Crippen LogP contribution in [0.15, 0.2) is 116 Å². The summed E-state index contributed by atoms with van der Waals surface area (Å²) in [6, 6.07) is 29.4. The predicted molar refractivity (Wildman–Crippen MR) is 232 cm³/mol. The molecular weight excluding hydrogens is 771 g/mol. The fourth-order valence-electron chi connectivity index (χ4n) is 9.18. The van der Waals surface area contributed by atoms with Crippen LogP contribution in [0.1, 0.15) is 39.0 Å². The predicted octanol–water partition coefficient (Wildman–Crippen LogP) is 4.84. The molecule has 5 aromatic rings. The van der Waals surface area contributed by atoms with E-state index in [2.05, 4.69) is 17.5 Å². The lowest BCUT2D eigenvalue weighted by Gasteiger charge is -2.55. The summed E-state index contributed by atoms with van der Waals surface area (Å²) in [5.74, 6) is 0.285. The van der Waals surface area contributed by atoms with Gasteiger partial charge in [-0.25, -0.2) is 10.0 Å². The van der Waals surface area contributed by atoms with Gasteiger partial charge >= 0.3 is 0 Å². The van der Waals surface area contributed by atoms with Crippen LogP contribution in [0, 0.1) is 0 Å². The summed E-state index contributed by atoms with van der Waals surface area (Å²) in [6.07, 6.45) is 3.72. The third-order valence-corrected chi connectivity index (χ3v) is 12.2. The number of methoxy groups -OCH3 is 1. The average Bonchev–Trinajstić information content (AvgIpc) is 3.62. The fourth-order valence-corrected chi connectivity index (χ4v) is 9.18. The van der Waals surface area contributed by atoms with E-state index in [1.165, 1.54) is 0 Å². The number of ether oxygens (including phenoxy) is 1. The average molecular weight is 824 g/mol. The summed E-state index contributed by atoms with van der Waals surface area (Å²) in [7, 11) is 3.60. The van der Waals surface area contributed by atoms with Crippen LogP contribution < -0.4 is 4.74 Å². The lowest BCUT2D eigenvalue weighted by Crippen LogP contribution is -2.75. The van der Waals surface area contributed by atoms with Gasteiger partial charge < -0.3 is 29.1 Å². The monoisotopic (exact) mass is 823 g/mol. The van der Waals surface area contributed by atoms with Crippen molar-refractivity contribution >= 4 is 34.5 Å². The van der Waals surface area contributed by atoms with E-state index in [1.807, 2.05) is 89.4 Å². The zero-order valence-electron chi connectivity index (χ0n) is 34.9. The van der Waals surface area contributed by atoms with Crippen LogP contribution in [-0.2, 0) is 47.4 Å². The summed E-state index contributed by atoms with van der Waals surface area (Å²) < 4.78 is 7.52. The Morgan fingerprint density at radius 1 is 0.852 bits per heavy atom. The van der Waals surface area contributed by atoms with Crippen LogP contribution in [0.2, 0.25) is 0 Å². The molecule has 61 heavy (non-hydrogen) atoms. The van der Waals surface area contributed by atoms with Crippen LogP contribution in [0.4, 0.5) is 0 Å². The van der Waals surface area contributed by atoms with Gasteiger partial charge in [0.2, 0.25) is 17.7 Å². The summed E-state index contributed by atoms with van der Waals surface area (Å²) in [5.41, 5.74) is 5.21. The molecule has 13 heteroatoms. The minimum absolute atomic E-state index is 0.0361. The van der Waals surface area contributed by atoms with Gasteiger partial charge in [0.05, 0.1) is 31.3 Å². The molecule has 13 nitrogen and oxygen atoms in total. The van der Waals surface area contributed by atoms with Crippen molar-refractivity contribution in [1.82, 2.24) is 34.2 Å². The van der Waals surface area contributed by atoms with E-state index in [-0.39, 0.29) is 68.4 Å². The molecule has 0 aliphatic carbocycles. The number of nitrogens with zero attached hydrogens (tertiary/aromatic N) is 7. The summed E-state index contributed by atoms with van der Waals surface area (Å²) in [5, 5.41) is 14.2. The molecule has 3 aliphatic rings. The number of aromatic nitrogens is 1. The van der Waals surface area contributed by atoms with Crippen molar-refractivity contribution < 1.29 is 29.0 Å². The molecule has 0 radical (unpaired) electrons. The molecule has 0 spiro atoms. The van der Waals surface area contributed by atoms with Crippen LogP contribution >= 0.6 is 0 Å². The number of benzene rings is 4. The number of amides is 4. The Morgan fingerprint density at radius 2 is 1.57 bits per heavy atom. The van der Waals surface area contributed by atoms with Crippen molar-refractivity contribution in [3.63, 3.8) is 0 Å². The quantitative estimate of drug-likeness (QED) is 0.168. The van der Waals surface area contributed by atoms with E-state index in [9.17, 15) is 24.3 Å². The van der Waals surface area contributed by atoms with Gasteiger partial charge in [0.25, 0.3) is 5.91 Å². The molecule has 8 rings (SSSR count). The molecule has 4 heterocycles. The summed E-state index contributed by atoms with van der Waals surface area (Å²) in [6.45, 7) is 7.80. The van der Waals surface area contributed by atoms with Gasteiger partial charge in [-0.05, 0) is 41.3 Å². The Labute approximate surface area is 356 Å². The van der Waals surface area contributed by atoms with Gasteiger partial charge in [-0.1, -0.05) is 84.9 Å². The summed E-state index contributed by atoms with van der Waals surface area (Å²) >= 11 is 0. The topological polar surface area (TPSA) is 122 Å². The van der Waals surface area contributed by atoms with Gasteiger partial charge in [0, 0.05) is 82.8 Å². The number of hydrogen-bond donors (Lipinski definition) is 1. The maximum atomic E-state index is 14.8. The van der Waals surface area contributed by atoms with E-state index in [0.29, 0.717) is 25.1 Å². The summed E-state index contributed by atoms with van der Waals surface area (Å²) in [4.78, 5) is 65.1. The second-order valence-corrected chi connectivity index (χ2v) is 16.1. The number of hydrazine groups is 1. The molecule has 2 atom stereocenters. The number of aryl methyl sites for hydroxylation is 2. The minimum Gasteiger partial charge on any atom is -0.508 e. The molecule has 4 aromatic carbocycles. The van der Waals surface area contributed by atoms with Gasteiger partial charge in [-0.2, -0.15) is 0 Å². The second kappa shape index (κ2) is 18.0. The Hall–Kier alpha value is -6.44. The van der Waals surface area contributed by atoms with Crippen molar-refractivity contribution in [3.8, 4) is 11.5 Å². The first-order chi connectivity index (χ1) is 29.6. The molecule has 1 aromatic heterocycles. The van der Waals surface area contributed by atoms with E-state index in [0.717, 1.165) is 58.5 Å². The number of phenols is 1. The zero-order chi connectivity index (χ0) is 42.6. The molecular formula is C48H53N7O6. The smallest absolute Gasteiger partial charge is 0.256 e. The van der Waals surface area contributed by atoms with Gasteiger partial charge in [0.1, 0.15) is 23.7 Å². The number of para-hydroxylation sites is 2. The van der Waals surface area contributed by atoms with Crippen LogP contribution in [-0.4, -0.2) is 128 Å². The molecule has 3 aliphatic heterocycles. The normalized spacial score (nSPS) is 18.7. The molecule has 0 unspecified atom stereocenters. The molecule has 0 saturated carbocycles. The third-order valence-electron chi connectivity index (χ3n) is 12.2. The first-order valence-electron chi connectivity index (χ1n) is 20.9. The van der Waals surface area contributed by atoms with Gasteiger partial charge in [0.15, 0.2) is 0 Å². The van der Waals surface area contributed by atoms with Crippen molar-refractivity contribution in [3.05, 3.63) is 144 Å². The Balaban J connectivity index is 1.07. The van der Waals surface area contributed by atoms with Crippen LogP contribution in [0.5, 0.6) is 11.5 Å². The van der Waals surface area contributed by atoms with E-state index < -0.39 is 12.2 Å². The largest absolute Gasteiger partial charge is 0.508 e. The Bertz CT molecular complexity index is 2410.